The number of imidazole rings is 1. The average Bonchev–Trinajstić information content (AvgIpc) is 3.34. The van der Waals surface area contributed by atoms with Crippen LogP contribution in [-0.2, 0) is 0 Å². The molecule has 1 saturated heterocycles. The molecular formula is C20H19F2N5O2. The third-order valence-corrected chi connectivity index (χ3v) is 5.57. The number of phenols is 1. The highest BCUT2D eigenvalue weighted by molar-refractivity contribution is 5.94. The number of fused-ring (bicyclic) bond motifs is 2. The molecule has 0 saturated carbocycles. The number of benzene rings is 1. The van der Waals surface area contributed by atoms with Crippen LogP contribution < -0.4 is 0 Å². The van der Waals surface area contributed by atoms with Crippen LogP contribution in [0.1, 0.15) is 30.9 Å². The predicted octanol–water partition coefficient (Wildman–Crippen LogP) is 4.15. The average molecular weight is 399 g/mol. The first kappa shape index (κ1) is 18.0. The summed E-state index contributed by atoms with van der Waals surface area (Å²) >= 11 is 0. The SMILES string of the molecule is CN1CCC[C@@H](n2cnc3cc(-c4c(C(F)F)cc5occc5c4O)nnc32)C1. The zero-order valence-electron chi connectivity index (χ0n) is 15.7. The van der Waals surface area contributed by atoms with Crippen molar-refractivity contribution < 1.29 is 18.3 Å². The molecule has 150 valence electrons. The number of hydrogen-bond acceptors (Lipinski definition) is 6. The van der Waals surface area contributed by atoms with Crippen molar-refractivity contribution >= 4 is 22.1 Å². The summed E-state index contributed by atoms with van der Waals surface area (Å²) in [4.78, 5) is 6.67. The predicted molar refractivity (Wildman–Crippen MR) is 103 cm³/mol. The van der Waals surface area contributed by atoms with Crippen LogP contribution >= 0.6 is 0 Å². The Morgan fingerprint density at radius 3 is 2.93 bits per heavy atom. The zero-order chi connectivity index (χ0) is 20.1. The molecule has 1 aliphatic rings. The van der Waals surface area contributed by atoms with Gasteiger partial charge in [-0.2, -0.15) is 0 Å². The number of piperidine rings is 1. The Labute approximate surface area is 164 Å². The van der Waals surface area contributed by atoms with Crippen molar-refractivity contribution in [1.29, 1.82) is 0 Å². The van der Waals surface area contributed by atoms with E-state index in [1.807, 2.05) is 4.57 Å². The Hall–Kier alpha value is -3.07. The van der Waals surface area contributed by atoms with Crippen LogP contribution in [0, 0.1) is 0 Å². The Kier molecular flexibility index (Phi) is 4.20. The molecule has 0 aliphatic carbocycles. The summed E-state index contributed by atoms with van der Waals surface area (Å²) in [6.07, 6.45) is 2.37. The fraction of sp³-hybridized carbons (Fsp3) is 0.350. The Morgan fingerprint density at radius 2 is 2.14 bits per heavy atom. The van der Waals surface area contributed by atoms with Crippen LogP contribution in [0.25, 0.3) is 33.4 Å². The minimum absolute atomic E-state index is 0.0461. The first-order chi connectivity index (χ1) is 14.0. The Bertz CT molecular complexity index is 1200. The van der Waals surface area contributed by atoms with Gasteiger partial charge >= 0.3 is 0 Å². The van der Waals surface area contributed by atoms with E-state index in [-0.39, 0.29) is 34.2 Å². The molecule has 0 unspecified atom stereocenters. The number of halogens is 2. The van der Waals surface area contributed by atoms with Gasteiger partial charge in [-0.1, -0.05) is 0 Å². The standard InChI is InChI=1S/C20H19F2N5O2/c1-26-5-2-3-11(9-26)27-10-23-15-8-14(24-25-20(15)27)17-13(19(21)22)7-16-12(18(17)28)4-6-29-16/h4,6-8,10-11,19,28H,2-3,5,9H2,1H3/t11-/m1/s1. The van der Waals surface area contributed by atoms with Gasteiger partial charge in [0, 0.05) is 18.2 Å². The highest BCUT2D eigenvalue weighted by atomic mass is 19.3. The number of rotatable bonds is 3. The summed E-state index contributed by atoms with van der Waals surface area (Å²) in [5.41, 5.74) is 1.11. The van der Waals surface area contributed by atoms with Crippen molar-refractivity contribution in [2.24, 2.45) is 0 Å². The van der Waals surface area contributed by atoms with Crippen LogP contribution in [0.5, 0.6) is 5.75 Å². The second-order valence-corrected chi connectivity index (χ2v) is 7.47. The zero-order valence-corrected chi connectivity index (χ0v) is 15.7. The van der Waals surface area contributed by atoms with Gasteiger partial charge in [0.15, 0.2) is 5.65 Å². The number of nitrogens with zero attached hydrogens (tertiary/aromatic N) is 5. The molecule has 1 aliphatic heterocycles. The number of alkyl halides is 2. The lowest BCUT2D eigenvalue weighted by Gasteiger charge is -2.30. The number of likely N-dealkylation sites (tertiary alicyclic amines) is 1. The number of aromatic hydroxyl groups is 1. The molecule has 1 fully saturated rings. The van der Waals surface area contributed by atoms with Gasteiger partial charge in [0.2, 0.25) is 0 Å². The topological polar surface area (TPSA) is 80.2 Å². The molecule has 29 heavy (non-hydrogen) atoms. The molecule has 3 aromatic heterocycles. The van der Waals surface area contributed by atoms with Crippen LogP contribution in [0.3, 0.4) is 0 Å². The van der Waals surface area contributed by atoms with Crippen molar-refractivity contribution in [2.75, 3.05) is 20.1 Å². The molecule has 1 N–H and O–H groups in total. The van der Waals surface area contributed by atoms with Gasteiger partial charge in [0.05, 0.1) is 29.2 Å². The van der Waals surface area contributed by atoms with E-state index in [4.69, 9.17) is 4.42 Å². The van der Waals surface area contributed by atoms with E-state index in [0.29, 0.717) is 16.6 Å². The lowest BCUT2D eigenvalue weighted by atomic mass is 10.0. The molecular weight excluding hydrogens is 380 g/mol. The van der Waals surface area contributed by atoms with Crippen LogP contribution in [0.4, 0.5) is 8.78 Å². The second kappa shape index (κ2) is 6.77. The fourth-order valence-corrected chi connectivity index (χ4v) is 4.14. The molecule has 0 radical (unpaired) electrons. The summed E-state index contributed by atoms with van der Waals surface area (Å²) in [7, 11) is 2.08. The van der Waals surface area contributed by atoms with Gasteiger partial charge in [-0.3, -0.25) is 0 Å². The van der Waals surface area contributed by atoms with Crippen LogP contribution in [-0.4, -0.2) is 49.9 Å². The molecule has 0 spiro atoms. The van der Waals surface area contributed by atoms with Crippen molar-refractivity contribution in [2.45, 2.75) is 25.3 Å². The third-order valence-electron chi connectivity index (χ3n) is 5.57. The molecule has 9 heteroatoms. The first-order valence-electron chi connectivity index (χ1n) is 9.43. The van der Waals surface area contributed by atoms with Crippen LogP contribution in [0.15, 0.2) is 35.2 Å². The van der Waals surface area contributed by atoms with E-state index in [1.165, 1.54) is 18.4 Å². The molecule has 4 aromatic rings. The fourth-order valence-electron chi connectivity index (χ4n) is 4.14. The maximum absolute atomic E-state index is 13.7. The third kappa shape index (κ3) is 2.93. The maximum atomic E-state index is 13.7. The van der Waals surface area contributed by atoms with Gasteiger partial charge in [0.25, 0.3) is 6.43 Å². The highest BCUT2D eigenvalue weighted by Gasteiger charge is 2.25. The number of likely N-dealkylation sites (N-methyl/N-ethyl adjacent to an activating group) is 1. The molecule has 0 bridgehead atoms. The van der Waals surface area contributed by atoms with Crippen molar-refractivity contribution in [3.63, 3.8) is 0 Å². The lowest BCUT2D eigenvalue weighted by molar-refractivity contribution is 0.151. The molecule has 1 atom stereocenters. The van der Waals surface area contributed by atoms with Gasteiger partial charge in [0.1, 0.15) is 16.8 Å². The summed E-state index contributed by atoms with van der Waals surface area (Å²) in [5.74, 6) is -0.298. The van der Waals surface area contributed by atoms with Crippen molar-refractivity contribution in [3.8, 4) is 17.0 Å². The molecule has 0 amide bonds. The van der Waals surface area contributed by atoms with Gasteiger partial charge in [-0.25, -0.2) is 13.8 Å². The summed E-state index contributed by atoms with van der Waals surface area (Å²) in [5, 5.41) is 19.4. The highest BCUT2D eigenvalue weighted by Crippen LogP contribution is 2.42. The van der Waals surface area contributed by atoms with E-state index in [0.717, 1.165) is 25.9 Å². The maximum Gasteiger partial charge on any atom is 0.264 e. The minimum atomic E-state index is -2.81. The quantitative estimate of drug-likeness (QED) is 0.558. The Morgan fingerprint density at radius 1 is 1.28 bits per heavy atom. The van der Waals surface area contributed by atoms with Crippen LogP contribution in [0.2, 0.25) is 0 Å². The molecule has 5 rings (SSSR count). The molecule has 7 nitrogen and oxygen atoms in total. The minimum Gasteiger partial charge on any atom is -0.506 e. The largest absolute Gasteiger partial charge is 0.506 e. The van der Waals surface area contributed by atoms with Gasteiger partial charge < -0.3 is 19.0 Å². The first-order valence-corrected chi connectivity index (χ1v) is 9.43. The normalized spacial score (nSPS) is 18.3. The lowest BCUT2D eigenvalue weighted by Crippen LogP contribution is -2.33. The summed E-state index contributed by atoms with van der Waals surface area (Å²) < 4.78 is 34.6. The van der Waals surface area contributed by atoms with E-state index in [1.54, 1.807) is 12.4 Å². The van der Waals surface area contributed by atoms with E-state index in [9.17, 15) is 13.9 Å². The number of furan rings is 1. The van der Waals surface area contributed by atoms with E-state index < -0.39 is 6.43 Å². The summed E-state index contributed by atoms with van der Waals surface area (Å²) in [6, 6.07) is 4.60. The second-order valence-electron chi connectivity index (χ2n) is 7.47. The number of aromatic nitrogens is 4. The van der Waals surface area contributed by atoms with Gasteiger partial charge in [-0.15, -0.1) is 10.2 Å². The number of phenolic OH excluding ortho intramolecular Hbond substituents is 1. The van der Waals surface area contributed by atoms with Gasteiger partial charge in [-0.05, 0) is 44.6 Å². The number of hydrogen-bond donors (Lipinski definition) is 1. The van der Waals surface area contributed by atoms with E-state index in [2.05, 4.69) is 27.1 Å². The Balaban J connectivity index is 1.63. The van der Waals surface area contributed by atoms with Crippen molar-refractivity contribution in [1.82, 2.24) is 24.6 Å². The van der Waals surface area contributed by atoms with Crippen molar-refractivity contribution in [3.05, 3.63) is 36.4 Å². The monoisotopic (exact) mass is 399 g/mol. The smallest absolute Gasteiger partial charge is 0.264 e. The van der Waals surface area contributed by atoms with E-state index >= 15 is 0 Å². The molecule has 1 aromatic carbocycles. The molecule has 4 heterocycles. The summed E-state index contributed by atoms with van der Waals surface area (Å²) in [6.45, 7) is 1.95.